The third kappa shape index (κ3) is 3.63. The highest BCUT2D eigenvalue weighted by molar-refractivity contribution is 6.34. The Labute approximate surface area is 146 Å². The fourth-order valence-corrected chi connectivity index (χ4v) is 2.79. The number of aromatic nitrogens is 1. The van der Waals surface area contributed by atoms with Gasteiger partial charge in [-0.25, -0.2) is 0 Å². The van der Waals surface area contributed by atoms with E-state index < -0.39 is 0 Å². The van der Waals surface area contributed by atoms with Crippen LogP contribution in [0.5, 0.6) is 0 Å². The maximum Gasteiger partial charge on any atom is 0.253 e. The molecule has 1 N–H and O–H groups in total. The summed E-state index contributed by atoms with van der Waals surface area (Å²) in [6, 6.07) is 19.0. The van der Waals surface area contributed by atoms with Crippen molar-refractivity contribution in [1.82, 2.24) is 10.3 Å². The SMILES string of the molecule is C[C@@H](NC(=O)c1ccc(-c2ccncc2)cc1Cl)c1ccccc1. The molecule has 3 rings (SSSR count). The van der Waals surface area contributed by atoms with E-state index >= 15 is 0 Å². The monoisotopic (exact) mass is 336 g/mol. The smallest absolute Gasteiger partial charge is 0.253 e. The van der Waals surface area contributed by atoms with Gasteiger partial charge in [0.05, 0.1) is 16.6 Å². The van der Waals surface area contributed by atoms with Crippen molar-refractivity contribution in [2.45, 2.75) is 13.0 Å². The van der Waals surface area contributed by atoms with Gasteiger partial charge in [0.1, 0.15) is 0 Å². The summed E-state index contributed by atoms with van der Waals surface area (Å²) in [6.45, 7) is 1.95. The second-order valence-electron chi connectivity index (χ2n) is 5.54. The highest BCUT2D eigenvalue weighted by Crippen LogP contribution is 2.25. The third-order valence-corrected chi connectivity index (χ3v) is 4.19. The fourth-order valence-electron chi connectivity index (χ4n) is 2.52. The molecule has 1 amide bonds. The molecule has 0 radical (unpaired) electrons. The number of nitrogens with zero attached hydrogens (tertiary/aromatic N) is 1. The van der Waals surface area contributed by atoms with E-state index in [9.17, 15) is 4.79 Å². The molecule has 0 saturated heterocycles. The molecule has 0 unspecified atom stereocenters. The first-order valence-electron chi connectivity index (χ1n) is 7.71. The van der Waals surface area contributed by atoms with Gasteiger partial charge < -0.3 is 5.32 Å². The van der Waals surface area contributed by atoms with Gasteiger partial charge in [-0.15, -0.1) is 0 Å². The second kappa shape index (κ2) is 7.28. The van der Waals surface area contributed by atoms with Crippen molar-refractivity contribution < 1.29 is 4.79 Å². The highest BCUT2D eigenvalue weighted by Gasteiger charge is 2.14. The summed E-state index contributed by atoms with van der Waals surface area (Å²) < 4.78 is 0. The number of amides is 1. The van der Waals surface area contributed by atoms with E-state index in [1.165, 1.54) is 0 Å². The van der Waals surface area contributed by atoms with E-state index in [1.807, 2.05) is 55.5 Å². The molecule has 0 aliphatic heterocycles. The van der Waals surface area contributed by atoms with Crippen LogP contribution in [-0.4, -0.2) is 10.9 Å². The van der Waals surface area contributed by atoms with Crippen LogP contribution in [0.15, 0.2) is 73.1 Å². The van der Waals surface area contributed by atoms with Crippen LogP contribution in [0.1, 0.15) is 28.9 Å². The Bertz CT molecular complexity index is 835. The lowest BCUT2D eigenvalue weighted by atomic mass is 10.0. The van der Waals surface area contributed by atoms with Crippen molar-refractivity contribution in [3.8, 4) is 11.1 Å². The molecule has 0 saturated carbocycles. The minimum absolute atomic E-state index is 0.0883. The first-order chi connectivity index (χ1) is 11.6. The molecule has 120 valence electrons. The second-order valence-corrected chi connectivity index (χ2v) is 5.94. The predicted molar refractivity (Wildman–Crippen MR) is 97.0 cm³/mol. The zero-order valence-corrected chi connectivity index (χ0v) is 14.0. The van der Waals surface area contributed by atoms with E-state index in [0.717, 1.165) is 16.7 Å². The number of hydrogen-bond donors (Lipinski definition) is 1. The van der Waals surface area contributed by atoms with E-state index in [2.05, 4.69) is 10.3 Å². The molecule has 0 bridgehead atoms. The van der Waals surface area contributed by atoms with E-state index in [-0.39, 0.29) is 11.9 Å². The lowest BCUT2D eigenvalue weighted by Crippen LogP contribution is -2.26. The van der Waals surface area contributed by atoms with Crippen molar-refractivity contribution in [1.29, 1.82) is 0 Å². The molecule has 1 aromatic heterocycles. The summed E-state index contributed by atoms with van der Waals surface area (Å²) in [5, 5.41) is 3.41. The van der Waals surface area contributed by atoms with Gasteiger partial charge in [-0.2, -0.15) is 0 Å². The largest absolute Gasteiger partial charge is 0.345 e. The van der Waals surface area contributed by atoms with Crippen molar-refractivity contribution in [2.24, 2.45) is 0 Å². The minimum atomic E-state index is -0.183. The molecule has 24 heavy (non-hydrogen) atoms. The fraction of sp³-hybridized carbons (Fsp3) is 0.100. The van der Waals surface area contributed by atoms with Crippen LogP contribution in [-0.2, 0) is 0 Å². The molecule has 3 aromatic rings. The highest BCUT2D eigenvalue weighted by atomic mass is 35.5. The van der Waals surface area contributed by atoms with Crippen molar-refractivity contribution >= 4 is 17.5 Å². The van der Waals surface area contributed by atoms with Gasteiger partial charge in [0.25, 0.3) is 5.91 Å². The zero-order chi connectivity index (χ0) is 16.9. The molecule has 1 atom stereocenters. The lowest BCUT2D eigenvalue weighted by Gasteiger charge is -2.15. The van der Waals surface area contributed by atoms with Crippen LogP contribution in [0, 0.1) is 0 Å². The molecule has 0 spiro atoms. The molecule has 1 heterocycles. The van der Waals surface area contributed by atoms with Crippen molar-refractivity contribution in [3.05, 3.63) is 89.2 Å². The quantitative estimate of drug-likeness (QED) is 0.736. The molecule has 0 fully saturated rings. The number of rotatable bonds is 4. The van der Waals surface area contributed by atoms with E-state index in [0.29, 0.717) is 10.6 Å². The van der Waals surface area contributed by atoms with Crippen molar-refractivity contribution in [3.63, 3.8) is 0 Å². The van der Waals surface area contributed by atoms with Crippen LogP contribution in [0.25, 0.3) is 11.1 Å². The number of hydrogen-bond acceptors (Lipinski definition) is 2. The van der Waals surface area contributed by atoms with Crippen LogP contribution in [0.4, 0.5) is 0 Å². The molecule has 2 aromatic carbocycles. The molecular weight excluding hydrogens is 320 g/mol. The van der Waals surface area contributed by atoms with Crippen LogP contribution >= 0.6 is 11.6 Å². The Morgan fingerprint density at radius 1 is 1.00 bits per heavy atom. The Balaban J connectivity index is 1.78. The average Bonchev–Trinajstić information content (AvgIpc) is 2.63. The van der Waals surface area contributed by atoms with Gasteiger partial charge in [0, 0.05) is 12.4 Å². The Morgan fingerprint density at radius 3 is 2.38 bits per heavy atom. The summed E-state index contributed by atoms with van der Waals surface area (Å²) in [7, 11) is 0. The van der Waals surface area contributed by atoms with Crippen molar-refractivity contribution in [2.75, 3.05) is 0 Å². The number of pyridine rings is 1. The molecule has 0 aliphatic rings. The summed E-state index contributed by atoms with van der Waals surface area (Å²) in [6.07, 6.45) is 3.46. The van der Waals surface area contributed by atoms with E-state index in [4.69, 9.17) is 11.6 Å². The molecule has 0 aliphatic carbocycles. The summed E-state index contributed by atoms with van der Waals surface area (Å²) in [5.41, 5.74) is 3.49. The maximum atomic E-state index is 12.5. The van der Waals surface area contributed by atoms with Crippen LogP contribution in [0.2, 0.25) is 5.02 Å². The maximum absolute atomic E-state index is 12.5. The van der Waals surface area contributed by atoms with Gasteiger partial charge in [0.15, 0.2) is 0 Å². The minimum Gasteiger partial charge on any atom is -0.345 e. The number of benzene rings is 2. The summed E-state index contributed by atoms with van der Waals surface area (Å²) in [5.74, 6) is -0.183. The Hall–Kier alpha value is -2.65. The average molecular weight is 337 g/mol. The summed E-state index contributed by atoms with van der Waals surface area (Å²) in [4.78, 5) is 16.5. The topological polar surface area (TPSA) is 42.0 Å². The molecular formula is C20H17ClN2O. The lowest BCUT2D eigenvalue weighted by molar-refractivity contribution is 0.0940. The van der Waals surface area contributed by atoms with Crippen LogP contribution in [0.3, 0.4) is 0 Å². The normalized spacial score (nSPS) is 11.8. The van der Waals surface area contributed by atoms with Gasteiger partial charge in [-0.3, -0.25) is 9.78 Å². The third-order valence-electron chi connectivity index (χ3n) is 3.87. The number of halogens is 1. The predicted octanol–water partition coefficient (Wildman–Crippen LogP) is 4.89. The number of nitrogens with one attached hydrogen (secondary N) is 1. The van der Waals surface area contributed by atoms with E-state index in [1.54, 1.807) is 24.5 Å². The number of carbonyl (C=O) groups is 1. The standard InChI is InChI=1S/C20H17ClN2O/c1-14(15-5-3-2-4-6-15)23-20(24)18-8-7-17(13-19(18)21)16-9-11-22-12-10-16/h2-14H,1H3,(H,23,24)/t14-/m1/s1. The zero-order valence-electron chi connectivity index (χ0n) is 13.2. The van der Waals surface area contributed by atoms with Gasteiger partial charge in [-0.1, -0.05) is 48.0 Å². The number of carbonyl (C=O) groups excluding carboxylic acids is 1. The molecule has 4 heteroatoms. The van der Waals surface area contributed by atoms with Crippen LogP contribution < -0.4 is 5.32 Å². The van der Waals surface area contributed by atoms with Gasteiger partial charge in [-0.05, 0) is 47.9 Å². The first kappa shape index (κ1) is 16.2. The molecule has 3 nitrogen and oxygen atoms in total. The first-order valence-corrected chi connectivity index (χ1v) is 8.08. The van der Waals surface area contributed by atoms with Gasteiger partial charge >= 0.3 is 0 Å². The summed E-state index contributed by atoms with van der Waals surface area (Å²) >= 11 is 6.33. The Morgan fingerprint density at radius 2 is 1.71 bits per heavy atom. The van der Waals surface area contributed by atoms with Gasteiger partial charge in [0.2, 0.25) is 0 Å². The Kier molecular flexibility index (Phi) is 4.92.